The maximum Gasteiger partial charge on any atom is 0.229 e. The van der Waals surface area contributed by atoms with Crippen LogP contribution in [0.4, 0.5) is 5.69 Å². The minimum atomic E-state index is -0.299. The van der Waals surface area contributed by atoms with Crippen LogP contribution in [0.25, 0.3) is 0 Å². The van der Waals surface area contributed by atoms with Gasteiger partial charge in [-0.1, -0.05) is 12.1 Å². The molecule has 1 heterocycles. The summed E-state index contributed by atoms with van der Waals surface area (Å²) >= 11 is 0. The number of anilines is 1. The molecule has 0 aromatic heterocycles. The van der Waals surface area contributed by atoms with Crippen molar-refractivity contribution in [1.82, 2.24) is 4.90 Å². The minimum absolute atomic E-state index is 0.00370. The highest BCUT2D eigenvalue weighted by molar-refractivity contribution is 5.97. The fourth-order valence-electron chi connectivity index (χ4n) is 2.77. The molecule has 1 saturated heterocycles. The summed E-state index contributed by atoms with van der Waals surface area (Å²) in [5.74, 6) is -0.369. The van der Waals surface area contributed by atoms with Gasteiger partial charge in [0.25, 0.3) is 0 Å². The summed E-state index contributed by atoms with van der Waals surface area (Å²) in [6, 6.07) is 5.95. The monoisotopic (exact) mass is 304 g/mol. The number of amides is 2. The molecule has 0 unspecified atom stereocenters. The van der Waals surface area contributed by atoms with Gasteiger partial charge in [0.15, 0.2) is 0 Å². The second-order valence-electron chi connectivity index (χ2n) is 6.06. The molecular formula is C17H24N2O3. The van der Waals surface area contributed by atoms with Crippen LogP contribution in [0, 0.1) is 19.8 Å². The van der Waals surface area contributed by atoms with Crippen LogP contribution in [0.2, 0.25) is 0 Å². The van der Waals surface area contributed by atoms with Gasteiger partial charge < -0.3 is 15.0 Å². The van der Waals surface area contributed by atoms with Gasteiger partial charge in [-0.15, -0.1) is 0 Å². The Morgan fingerprint density at radius 1 is 1.45 bits per heavy atom. The first-order chi connectivity index (χ1) is 10.4. The summed E-state index contributed by atoms with van der Waals surface area (Å²) < 4.78 is 5.09. The van der Waals surface area contributed by atoms with Gasteiger partial charge in [0.1, 0.15) is 0 Å². The third-order valence-corrected chi connectivity index (χ3v) is 4.12. The molecule has 1 fully saturated rings. The molecule has 0 bridgehead atoms. The molecule has 1 aromatic rings. The molecule has 1 aliphatic rings. The predicted molar refractivity (Wildman–Crippen MR) is 85.7 cm³/mol. The zero-order chi connectivity index (χ0) is 16.3. The minimum Gasteiger partial charge on any atom is -0.383 e. The van der Waals surface area contributed by atoms with Gasteiger partial charge in [-0.3, -0.25) is 9.59 Å². The van der Waals surface area contributed by atoms with Gasteiger partial charge in [-0.2, -0.15) is 0 Å². The molecular weight excluding hydrogens is 280 g/mol. The van der Waals surface area contributed by atoms with Gasteiger partial charge in [0, 0.05) is 25.8 Å². The number of carbonyl (C=O) groups is 2. The Labute approximate surface area is 131 Å². The first-order valence-electron chi connectivity index (χ1n) is 7.59. The first-order valence-corrected chi connectivity index (χ1v) is 7.59. The zero-order valence-electron chi connectivity index (χ0n) is 13.7. The Bertz CT molecular complexity index is 571. The quantitative estimate of drug-likeness (QED) is 0.906. The van der Waals surface area contributed by atoms with Gasteiger partial charge in [-0.25, -0.2) is 0 Å². The van der Waals surface area contributed by atoms with Gasteiger partial charge in [0.2, 0.25) is 11.8 Å². The Kier molecular flexibility index (Phi) is 5.19. The van der Waals surface area contributed by atoms with Crippen LogP contribution in [-0.4, -0.2) is 43.0 Å². The van der Waals surface area contributed by atoms with E-state index in [1.54, 1.807) is 12.0 Å². The van der Waals surface area contributed by atoms with E-state index < -0.39 is 0 Å². The Balaban J connectivity index is 2.02. The second-order valence-corrected chi connectivity index (χ2v) is 6.06. The number of ether oxygens (including phenoxy) is 1. The molecule has 0 radical (unpaired) electrons. The summed E-state index contributed by atoms with van der Waals surface area (Å²) in [4.78, 5) is 26.2. The Hall–Kier alpha value is -1.88. The average molecular weight is 304 g/mol. The van der Waals surface area contributed by atoms with E-state index in [0.717, 1.165) is 16.8 Å². The van der Waals surface area contributed by atoms with Crippen molar-refractivity contribution < 1.29 is 14.3 Å². The molecule has 5 heteroatoms. The normalized spacial score (nSPS) is 19.4. The largest absolute Gasteiger partial charge is 0.383 e. The van der Waals surface area contributed by atoms with Crippen molar-refractivity contribution in [3.05, 3.63) is 29.3 Å². The number of nitrogens with zero attached hydrogens (tertiary/aromatic N) is 1. The molecule has 5 nitrogen and oxygen atoms in total. The lowest BCUT2D eigenvalue weighted by Gasteiger charge is -2.24. The highest BCUT2D eigenvalue weighted by Crippen LogP contribution is 2.23. The van der Waals surface area contributed by atoms with Crippen LogP contribution < -0.4 is 5.32 Å². The SMILES string of the molecule is COC[C@@H](C)N1C[C@H](C(=O)Nc2cc(C)ccc2C)CC1=O. The van der Waals surface area contributed by atoms with E-state index in [9.17, 15) is 9.59 Å². The third-order valence-electron chi connectivity index (χ3n) is 4.12. The molecule has 120 valence electrons. The van der Waals surface area contributed by atoms with Crippen LogP contribution in [0.5, 0.6) is 0 Å². The lowest BCUT2D eigenvalue weighted by Crippen LogP contribution is -2.38. The molecule has 1 aliphatic heterocycles. The van der Waals surface area contributed by atoms with Crippen molar-refractivity contribution in [2.24, 2.45) is 5.92 Å². The number of nitrogens with one attached hydrogen (secondary N) is 1. The Morgan fingerprint density at radius 2 is 2.18 bits per heavy atom. The average Bonchev–Trinajstić information content (AvgIpc) is 2.85. The van der Waals surface area contributed by atoms with Crippen LogP contribution in [0.3, 0.4) is 0 Å². The number of hydrogen-bond donors (Lipinski definition) is 1. The lowest BCUT2D eigenvalue weighted by molar-refractivity contribution is -0.130. The van der Waals surface area contributed by atoms with E-state index in [2.05, 4.69) is 5.32 Å². The number of carbonyl (C=O) groups excluding carboxylic acids is 2. The molecule has 2 atom stereocenters. The van der Waals surface area contributed by atoms with Gasteiger partial charge in [-0.05, 0) is 38.0 Å². The number of benzene rings is 1. The maximum absolute atomic E-state index is 12.4. The molecule has 2 amide bonds. The van der Waals surface area contributed by atoms with Crippen molar-refractivity contribution in [3.63, 3.8) is 0 Å². The Morgan fingerprint density at radius 3 is 2.86 bits per heavy atom. The van der Waals surface area contributed by atoms with Crippen LogP contribution in [-0.2, 0) is 14.3 Å². The van der Waals surface area contributed by atoms with Crippen molar-refractivity contribution in [2.75, 3.05) is 25.6 Å². The van der Waals surface area contributed by atoms with Crippen LogP contribution >= 0.6 is 0 Å². The first kappa shape index (κ1) is 16.5. The molecule has 0 aliphatic carbocycles. The molecule has 0 spiro atoms. The van der Waals surface area contributed by atoms with E-state index in [4.69, 9.17) is 4.74 Å². The van der Waals surface area contributed by atoms with Crippen molar-refractivity contribution >= 4 is 17.5 Å². The fraction of sp³-hybridized carbons (Fsp3) is 0.529. The van der Waals surface area contributed by atoms with Crippen molar-refractivity contribution in [2.45, 2.75) is 33.2 Å². The van der Waals surface area contributed by atoms with E-state index in [1.807, 2.05) is 39.0 Å². The number of hydrogen-bond acceptors (Lipinski definition) is 3. The topological polar surface area (TPSA) is 58.6 Å². The summed E-state index contributed by atoms with van der Waals surface area (Å²) in [7, 11) is 1.61. The summed E-state index contributed by atoms with van der Waals surface area (Å²) in [5.41, 5.74) is 2.94. The maximum atomic E-state index is 12.4. The van der Waals surface area contributed by atoms with Crippen molar-refractivity contribution in [1.29, 1.82) is 0 Å². The lowest BCUT2D eigenvalue weighted by atomic mass is 10.1. The molecule has 22 heavy (non-hydrogen) atoms. The van der Waals surface area contributed by atoms with E-state index in [1.165, 1.54) is 0 Å². The summed E-state index contributed by atoms with van der Waals surface area (Å²) in [6.45, 7) is 6.83. The predicted octanol–water partition coefficient (Wildman–Crippen LogP) is 2.13. The van der Waals surface area contributed by atoms with Gasteiger partial charge >= 0.3 is 0 Å². The molecule has 2 rings (SSSR count). The van der Waals surface area contributed by atoms with Crippen LogP contribution in [0.15, 0.2) is 18.2 Å². The standard InChI is InChI=1S/C17H24N2O3/c1-11-5-6-12(2)15(7-11)18-17(21)14-8-16(20)19(9-14)13(3)10-22-4/h5-7,13-14H,8-10H2,1-4H3,(H,18,21)/t13-,14-/m1/s1. The second kappa shape index (κ2) is 6.92. The molecule has 0 saturated carbocycles. The zero-order valence-corrected chi connectivity index (χ0v) is 13.7. The molecule has 1 aromatic carbocycles. The fourth-order valence-corrected chi connectivity index (χ4v) is 2.77. The smallest absolute Gasteiger partial charge is 0.229 e. The molecule has 1 N–H and O–H groups in total. The highest BCUT2D eigenvalue weighted by atomic mass is 16.5. The number of aryl methyl sites for hydroxylation is 2. The number of rotatable bonds is 5. The van der Waals surface area contributed by atoms with E-state index in [0.29, 0.717) is 13.2 Å². The third kappa shape index (κ3) is 3.65. The van der Waals surface area contributed by atoms with E-state index >= 15 is 0 Å². The number of likely N-dealkylation sites (tertiary alicyclic amines) is 1. The van der Waals surface area contributed by atoms with E-state index in [-0.39, 0.29) is 30.2 Å². The van der Waals surface area contributed by atoms with Crippen LogP contribution in [0.1, 0.15) is 24.5 Å². The van der Waals surface area contributed by atoms with Crippen molar-refractivity contribution in [3.8, 4) is 0 Å². The summed E-state index contributed by atoms with van der Waals surface area (Å²) in [6.07, 6.45) is 0.269. The number of methoxy groups -OCH3 is 1. The van der Waals surface area contributed by atoms with Gasteiger partial charge in [0.05, 0.1) is 18.6 Å². The highest BCUT2D eigenvalue weighted by Gasteiger charge is 2.36. The summed E-state index contributed by atoms with van der Waals surface area (Å²) in [5, 5.41) is 2.96.